The highest BCUT2D eigenvalue weighted by atomic mass is 16.5. The molecular weight excluding hydrogens is 224 g/mol. The van der Waals surface area contributed by atoms with Crippen molar-refractivity contribution in [2.24, 2.45) is 0 Å². The highest BCUT2D eigenvalue weighted by molar-refractivity contribution is 5.94. The summed E-state index contributed by atoms with van der Waals surface area (Å²) in [5, 5.41) is 11.5. The molecular formula is C11H14N2O4. The van der Waals surface area contributed by atoms with Gasteiger partial charge in [-0.15, -0.1) is 0 Å². The van der Waals surface area contributed by atoms with Crippen LogP contribution in [0.4, 0.5) is 0 Å². The van der Waals surface area contributed by atoms with Gasteiger partial charge in [0.1, 0.15) is 11.4 Å². The number of ether oxygens (including phenoxy) is 1. The van der Waals surface area contributed by atoms with E-state index in [2.05, 4.69) is 15.0 Å². The van der Waals surface area contributed by atoms with E-state index in [4.69, 9.17) is 5.11 Å². The molecule has 1 unspecified atom stereocenters. The van der Waals surface area contributed by atoms with Gasteiger partial charge < -0.3 is 15.2 Å². The zero-order valence-corrected chi connectivity index (χ0v) is 9.64. The molecule has 2 N–H and O–H groups in total. The van der Waals surface area contributed by atoms with E-state index in [0.717, 1.165) is 0 Å². The van der Waals surface area contributed by atoms with Crippen LogP contribution in [0.25, 0.3) is 0 Å². The SMILES string of the molecule is COC(=O)c1cccc(C(=O)NCC(C)O)n1. The largest absolute Gasteiger partial charge is 0.464 e. The van der Waals surface area contributed by atoms with Crippen LogP contribution in [-0.4, -0.2) is 41.7 Å². The number of carbonyl (C=O) groups excluding carboxylic acids is 2. The highest BCUT2D eigenvalue weighted by Crippen LogP contribution is 2.01. The monoisotopic (exact) mass is 238 g/mol. The molecule has 1 heterocycles. The number of aliphatic hydroxyl groups excluding tert-OH is 1. The molecule has 0 aromatic carbocycles. The van der Waals surface area contributed by atoms with Gasteiger partial charge in [-0.2, -0.15) is 0 Å². The molecule has 0 fully saturated rings. The summed E-state index contributed by atoms with van der Waals surface area (Å²) in [5.74, 6) is -1.05. The van der Waals surface area contributed by atoms with Gasteiger partial charge in [0.2, 0.25) is 0 Å². The Morgan fingerprint density at radius 3 is 2.71 bits per heavy atom. The van der Waals surface area contributed by atoms with Crippen molar-refractivity contribution >= 4 is 11.9 Å². The number of aromatic nitrogens is 1. The molecule has 0 saturated heterocycles. The maximum Gasteiger partial charge on any atom is 0.356 e. The van der Waals surface area contributed by atoms with Crippen molar-refractivity contribution in [3.8, 4) is 0 Å². The van der Waals surface area contributed by atoms with Crippen molar-refractivity contribution in [3.05, 3.63) is 29.6 Å². The standard InChI is InChI=1S/C11H14N2O4/c1-7(14)6-12-10(15)8-4-3-5-9(13-8)11(16)17-2/h3-5,7,14H,6H2,1-2H3,(H,12,15). The van der Waals surface area contributed by atoms with Gasteiger partial charge in [-0.25, -0.2) is 9.78 Å². The molecule has 6 heteroatoms. The van der Waals surface area contributed by atoms with Crippen LogP contribution in [0.5, 0.6) is 0 Å². The summed E-state index contributed by atoms with van der Waals surface area (Å²) < 4.78 is 4.50. The van der Waals surface area contributed by atoms with Gasteiger partial charge in [0.25, 0.3) is 5.91 Å². The van der Waals surface area contributed by atoms with E-state index in [1.54, 1.807) is 6.92 Å². The molecule has 0 aliphatic heterocycles. The summed E-state index contributed by atoms with van der Waals surface area (Å²) in [6, 6.07) is 4.47. The minimum atomic E-state index is -0.636. The van der Waals surface area contributed by atoms with Crippen LogP contribution in [0.2, 0.25) is 0 Å². The number of hydrogen-bond acceptors (Lipinski definition) is 5. The van der Waals surface area contributed by atoms with Crippen LogP contribution in [0, 0.1) is 0 Å². The summed E-state index contributed by atoms with van der Waals surface area (Å²) in [6.07, 6.45) is -0.636. The molecule has 1 aromatic rings. The lowest BCUT2D eigenvalue weighted by Gasteiger charge is -2.07. The molecule has 1 aromatic heterocycles. The second kappa shape index (κ2) is 5.95. The van der Waals surface area contributed by atoms with Crippen LogP contribution in [0.15, 0.2) is 18.2 Å². The summed E-state index contributed by atoms with van der Waals surface area (Å²) in [5.41, 5.74) is 0.172. The number of aliphatic hydroxyl groups is 1. The number of methoxy groups -OCH3 is 1. The van der Waals surface area contributed by atoms with E-state index in [-0.39, 0.29) is 17.9 Å². The average molecular weight is 238 g/mol. The normalized spacial score (nSPS) is 11.7. The predicted octanol–water partition coefficient (Wildman–Crippen LogP) is -0.0212. The molecule has 0 aliphatic rings. The molecule has 92 valence electrons. The maximum absolute atomic E-state index is 11.6. The van der Waals surface area contributed by atoms with Gasteiger partial charge in [0.15, 0.2) is 0 Å². The molecule has 0 saturated carbocycles. The Labute approximate surface area is 98.6 Å². The second-order valence-corrected chi connectivity index (χ2v) is 3.46. The number of carbonyl (C=O) groups is 2. The van der Waals surface area contributed by atoms with Gasteiger partial charge >= 0.3 is 5.97 Å². The number of pyridine rings is 1. The fourth-order valence-corrected chi connectivity index (χ4v) is 1.11. The molecule has 6 nitrogen and oxygen atoms in total. The van der Waals surface area contributed by atoms with E-state index in [0.29, 0.717) is 0 Å². The quantitative estimate of drug-likeness (QED) is 0.719. The molecule has 0 radical (unpaired) electrons. The van der Waals surface area contributed by atoms with Gasteiger partial charge in [0.05, 0.1) is 13.2 Å². The summed E-state index contributed by atoms with van der Waals surface area (Å²) in [4.78, 5) is 26.6. The van der Waals surface area contributed by atoms with Crippen molar-refractivity contribution in [2.45, 2.75) is 13.0 Å². The van der Waals surface area contributed by atoms with Gasteiger partial charge in [-0.05, 0) is 19.1 Å². The first-order chi connectivity index (χ1) is 8.04. The number of hydrogen-bond donors (Lipinski definition) is 2. The van der Waals surface area contributed by atoms with Crippen LogP contribution >= 0.6 is 0 Å². The highest BCUT2D eigenvalue weighted by Gasteiger charge is 2.12. The Morgan fingerprint density at radius 2 is 2.12 bits per heavy atom. The van der Waals surface area contributed by atoms with E-state index < -0.39 is 18.0 Å². The van der Waals surface area contributed by atoms with E-state index in [9.17, 15) is 9.59 Å². The van der Waals surface area contributed by atoms with Crippen molar-refractivity contribution in [3.63, 3.8) is 0 Å². The predicted molar refractivity (Wildman–Crippen MR) is 59.6 cm³/mol. The number of nitrogens with one attached hydrogen (secondary N) is 1. The van der Waals surface area contributed by atoms with Gasteiger partial charge in [0, 0.05) is 6.54 Å². The van der Waals surface area contributed by atoms with Gasteiger partial charge in [-0.3, -0.25) is 4.79 Å². The lowest BCUT2D eigenvalue weighted by atomic mass is 10.3. The molecule has 0 bridgehead atoms. The Bertz CT molecular complexity index is 418. The number of amides is 1. The third-order valence-electron chi connectivity index (χ3n) is 1.93. The smallest absolute Gasteiger partial charge is 0.356 e. The fraction of sp³-hybridized carbons (Fsp3) is 0.364. The zero-order chi connectivity index (χ0) is 12.8. The van der Waals surface area contributed by atoms with Crippen LogP contribution in [0.3, 0.4) is 0 Å². The van der Waals surface area contributed by atoms with Crippen molar-refractivity contribution in [1.82, 2.24) is 10.3 Å². The van der Waals surface area contributed by atoms with E-state index >= 15 is 0 Å². The molecule has 0 aliphatic carbocycles. The maximum atomic E-state index is 11.6. The Hall–Kier alpha value is -1.95. The lowest BCUT2D eigenvalue weighted by molar-refractivity contribution is 0.0594. The van der Waals surface area contributed by atoms with Crippen LogP contribution in [0.1, 0.15) is 27.9 Å². The number of esters is 1. The molecule has 0 spiro atoms. The third-order valence-corrected chi connectivity index (χ3v) is 1.93. The third kappa shape index (κ3) is 3.84. The minimum Gasteiger partial charge on any atom is -0.464 e. The first-order valence-corrected chi connectivity index (χ1v) is 5.06. The summed E-state index contributed by atoms with van der Waals surface area (Å²) in [6.45, 7) is 1.68. The van der Waals surface area contributed by atoms with Crippen molar-refractivity contribution in [2.75, 3.05) is 13.7 Å². The first-order valence-electron chi connectivity index (χ1n) is 5.06. The van der Waals surface area contributed by atoms with Gasteiger partial charge in [-0.1, -0.05) is 6.07 Å². The fourth-order valence-electron chi connectivity index (χ4n) is 1.11. The Morgan fingerprint density at radius 1 is 1.47 bits per heavy atom. The summed E-state index contributed by atoms with van der Waals surface area (Å²) >= 11 is 0. The number of nitrogens with zero attached hydrogens (tertiary/aromatic N) is 1. The Balaban J connectivity index is 2.77. The molecule has 1 amide bonds. The molecule has 1 atom stereocenters. The second-order valence-electron chi connectivity index (χ2n) is 3.46. The first kappa shape index (κ1) is 13.1. The van der Waals surface area contributed by atoms with E-state index in [1.807, 2.05) is 0 Å². The van der Waals surface area contributed by atoms with Crippen molar-refractivity contribution < 1.29 is 19.4 Å². The topological polar surface area (TPSA) is 88.5 Å². The summed E-state index contributed by atoms with van der Waals surface area (Å²) in [7, 11) is 1.24. The number of rotatable bonds is 4. The Kier molecular flexibility index (Phi) is 4.59. The molecule has 1 rings (SSSR count). The van der Waals surface area contributed by atoms with Crippen LogP contribution in [-0.2, 0) is 4.74 Å². The zero-order valence-electron chi connectivity index (χ0n) is 9.64. The average Bonchev–Trinajstić information content (AvgIpc) is 2.35. The van der Waals surface area contributed by atoms with Crippen molar-refractivity contribution in [1.29, 1.82) is 0 Å². The minimum absolute atomic E-state index is 0.0668. The lowest BCUT2D eigenvalue weighted by Crippen LogP contribution is -2.31. The van der Waals surface area contributed by atoms with Crippen LogP contribution < -0.4 is 5.32 Å². The van der Waals surface area contributed by atoms with E-state index in [1.165, 1.54) is 25.3 Å². The molecule has 17 heavy (non-hydrogen) atoms.